The lowest BCUT2D eigenvalue weighted by atomic mass is 10.1. The molecule has 1 aromatic heterocycles. The fourth-order valence-electron chi connectivity index (χ4n) is 3.57. The Morgan fingerprint density at radius 2 is 1.57 bits per heavy atom. The molecule has 0 aliphatic rings. The Morgan fingerprint density at radius 1 is 0.943 bits per heavy atom. The number of carbonyl (C=O) groups excluding carboxylic acids is 3. The number of anilines is 1. The van der Waals surface area contributed by atoms with Crippen LogP contribution in [0, 0.1) is 20.8 Å². The minimum absolute atomic E-state index is 0.0842. The van der Waals surface area contributed by atoms with Crippen LogP contribution in [0.1, 0.15) is 34.2 Å². The van der Waals surface area contributed by atoms with Gasteiger partial charge < -0.3 is 14.6 Å². The first-order valence-electron chi connectivity index (χ1n) is 10.8. The number of hydrogen-bond donors (Lipinski definition) is 2. The van der Waals surface area contributed by atoms with Crippen LogP contribution in [0.3, 0.4) is 0 Å². The third kappa shape index (κ3) is 6.43. The van der Waals surface area contributed by atoms with Gasteiger partial charge in [0.2, 0.25) is 21.7 Å². The Bertz CT molecular complexity index is 1360. The van der Waals surface area contributed by atoms with Gasteiger partial charge in [-0.3, -0.25) is 14.4 Å². The molecule has 0 atom stereocenters. The number of amides is 1. The third-order valence-corrected chi connectivity index (χ3v) is 6.70. The Balaban J connectivity index is 1.58. The summed E-state index contributed by atoms with van der Waals surface area (Å²) in [5, 5.41) is 2.53. The SMILES string of the molecule is CC(=O)Nc1ccc(S(=O)(=O)NCC(=O)OCC(=O)c2cc(C)n(-c3ccc(C)cc3)c2C)cc1. The first kappa shape index (κ1) is 25.9. The third-order valence-electron chi connectivity index (χ3n) is 5.28. The largest absolute Gasteiger partial charge is 0.456 e. The maximum atomic E-state index is 12.7. The smallest absolute Gasteiger partial charge is 0.321 e. The van der Waals surface area contributed by atoms with Crippen molar-refractivity contribution in [3.63, 3.8) is 0 Å². The molecule has 184 valence electrons. The second-order valence-electron chi connectivity index (χ2n) is 8.07. The lowest BCUT2D eigenvalue weighted by molar-refractivity contribution is -0.141. The van der Waals surface area contributed by atoms with Gasteiger partial charge in [-0.15, -0.1) is 0 Å². The number of benzene rings is 2. The van der Waals surface area contributed by atoms with E-state index in [0.717, 1.165) is 22.6 Å². The number of sulfonamides is 1. The summed E-state index contributed by atoms with van der Waals surface area (Å²) in [4.78, 5) is 35.8. The molecule has 0 saturated heterocycles. The van der Waals surface area contributed by atoms with E-state index in [2.05, 4.69) is 10.0 Å². The quantitative estimate of drug-likeness (QED) is 0.346. The van der Waals surface area contributed by atoms with Crippen molar-refractivity contribution < 1.29 is 27.5 Å². The molecule has 0 unspecified atom stereocenters. The van der Waals surface area contributed by atoms with Crippen LogP contribution < -0.4 is 10.0 Å². The molecule has 1 amide bonds. The predicted molar refractivity (Wildman–Crippen MR) is 131 cm³/mol. The first-order chi connectivity index (χ1) is 16.5. The molecule has 2 aromatic carbocycles. The normalized spacial score (nSPS) is 11.2. The second kappa shape index (κ2) is 10.7. The molecule has 3 aromatic rings. The van der Waals surface area contributed by atoms with Gasteiger partial charge in [-0.05, 0) is 63.2 Å². The summed E-state index contributed by atoms with van der Waals surface area (Å²) in [5.41, 5.74) is 4.49. The monoisotopic (exact) mass is 497 g/mol. The van der Waals surface area contributed by atoms with E-state index in [1.165, 1.54) is 31.2 Å². The fourth-order valence-corrected chi connectivity index (χ4v) is 4.54. The van der Waals surface area contributed by atoms with Crippen LogP contribution >= 0.6 is 0 Å². The van der Waals surface area contributed by atoms with E-state index < -0.39 is 29.1 Å². The van der Waals surface area contributed by atoms with E-state index in [1.54, 1.807) is 6.07 Å². The lowest BCUT2D eigenvalue weighted by Crippen LogP contribution is -2.31. The van der Waals surface area contributed by atoms with Crippen LogP contribution in [0.2, 0.25) is 0 Å². The van der Waals surface area contributed by atoms with Gasteiger partial charge in [-0.1, -0.05) is 17.7 Å². The maximum Gasteiger partial charge on any atom is 0.321 e. The van der Waals surface area contributed by atoms with Gasteiger partial charge in [-0.25, -0.2) is 8.42 Å². The second-order valence-corrected chi connectivity index (χ2v) is 9.84. The number of esters is 1. The number of ether oxygens (including phenoxy) is 1. The minimum Gasteiger partial charge on any atom is -0.456 e. The molecule has 0 aliphatic heterocycles. The molecule has 0 bridgehead atoms. The van der Waals surface area contributed by atoms with Gasteiger partial charge in [0.05, 0.1) is 4.90 Å². The fraction of sp³-hybridized carbons (Fsp3) is 0.240. The zero-order valence-corrected chi connectivity index (χ0v) is 20.7. The van der Waals surface area contributed by atoms with Crippen molar-refractivity contribution in [1.29, 1.82) is 0 Å². The molecule has 9 nitrogen and oxygen atoms in total. The summed E-state index contributed by atoms with van der Waals surface area (Å²) in [6.07, 6.45) is 0. The van der Waals surface area contributed by atoms with Crippen LogP contribution in [0.15, 0.2) is 59.5 Å². The van der Waals surface area contributed by atoms with E-state index in [1.807, 2.05) is 49.6 Å². The van der Waals surface area contributed by atoms with Gasteiger partial charge in [0.25, 0.3) is 0 Å². The topological polar surface area (TPSA) is 124 Å². The van der Waals surface area contributed by atoms with Crippen molar-refractivity contribution >= 4 is 33.4 Å². The van der Waals surface area contributed by atoms with Gasteiger partial charge >= 0.3 is 5.97 Å². The average Bonchev–Trinajstić information content (AvgIpc) is 3.10. The number of aromatic nitrogens is 1. The standard InChI is InChI=1S/C25H27N3O6S/c1-16-5-9-21(10-6-16)28-17(2)13-23(18(28)3)24(30)15-34-25(31)14-26-35(32,33)22-11-7-20(8-12-22)27-19(4)29/h5-13,26H,14-15H2,1-4H3,(H,27,29). The summed E-state index contributed by atoms with van der Waals surface area (Å²) in [6, 6.07) is 15.1. The molecule has 0 fully saturated rings. The van der Waals surface area contributed by atoms with E-state index in [9.17, 15) is 22.8 Å². The van der Waals surface area contributed by atoms with E-state index in [-0.39, 0.29) is 16.6 Å². The molecule has 0 spiro atoms. The van der Waals surface area contributed by atoms with E-state index in [0.29, 0.717) is 11.3 Å². The van der Waals surface area contributed by atoms with Crippen LogP contribution in [0.4, 0.5) is 5.69 Å². The Morgan fingerprint density at radius 3 is 2.17 bits per heavy atom. The molecule has 2 N–H and O–H groups in total. The maximum absolute atomic E-state index is 12.7. The highest BCUT2D eigenvalue weighted by atomic mass is 32.2. The number of Topliss-reactive ketones (excluding diaryl/α,β-unsaturated/α-hetero) is 1. The summed E-state index contributed by atoms with van der Waals surface area (Å²) in [6.45, 7) is 5.88. The number of hydrogen-bond acceptors (Lipinski definition) is 6. The van der Waals surface area contributed by atoms with Crippen LogP contribution in [-0.4, -0.2) is 43.8 Å². The molecule has 1 heterocycles. The summed E-state index contributed by atoms with van der Waals surface area (Å²) >= 11 is 0. The van der Waals surface area contributed by atoms with Crippen molar-refractivity contribution in [1.82, 2.24) is 9.29 Å². The molecular weight excluding hydrogens is 470 g/mol. The number of ketones is 1. The minimum atomic E-state index is -3.99. The van der Waals surface area contributed by atoms with Gasteiger partial charge in [-0.2, -0.15) is 4.72 Å². The lowest BCUT2D eigenvalue weighted by Gasteiger charge is -2.10. The van der Waals surface area contributed by atoms with Crippen molar-refractivity contribution in [3.05, 3.63) is 77.1 Å². The zero-order chi connectivity index (χ0) is 25.8. The van der Waals surface area contributed by atoms with Gasteiger partial charge in [0.15, 0.2) is 6.61 Å². The summed E-state index contributed by atoms with van der Waals surface area (Å²) < 4.78 is 33.9. The molecular formula is C25H27N3O6S. The van der Waals surface area contributed by atoms with Gasteiger partial charge in [0, 0.05) is 35.2 Å². The molecule has 0 aliphatic carbocycles. The average molecular weight is 498 g/mol. The molecule has 35 heavy (non-hydrogen) atoms. The van der Waals surface area contributed by atoms with Crippen LogP contribution in [0.5, 0.6) is 0 Å². The number of nitrogens with zero attached hydrogens (tertiary/aromatic N) is 1. The number of aryl methyl sites for hydroxylation is 2. The number of rotatable bonds is 9. The highest BCUT2D eigenvalue weighted by Crippen LogP contribution is 2.22. The Labute approximate surface area is 204 Å². The van der Waals surface area contributed by atoms with Crippen LogP contribution in [-0.2, 0) is 24.3 Å². The number of nitrogens with one attached hydrogen (secondary N) is 2. The highest BCUT2D eigenvalue weighted by molar-refractivity contribution is 7.89. The summed E-state index contributed by atoms with van der Waals surface area (Å²) in [7, 11) is -3.99. The number of carbonyl (C=O) groups is 3. The van der Waals surface area contributed by atoms with Crippen molar-refractivity contribution in [2.75, 3.05) is 18.5 Å². The highest BCUT2D eigenvalue weighted by Gasteiger charge is 2.20. The molecule has 10 heteroatoms. The van der Waals surface area contributed by atoms with Crippen molar-refractivity contribution in [2.45, 2.75) is 32.6 Å². The molecule has 0 saturated carbocycles. The Hall–Kier alpha value is -3.76. The van der Waals surface area contributed by atoms with Crippen LogP contribution in [0.25, 0.3) is 5.69 Å². The summed E-state index contributed by atoms with van der Waals surface area (Å²) in [5.74, 6) is -1.56. The molecule has 0 radical (unpaired) electrons. The zero-order valence-electron chi connectivity index (χ0n) is 19.9. The Kier molecular flexibility index (Phi) is 7.88. The van der Waals surface area contributed by atoms with Crippen molar-refractivity contribution in [3.8, 4) is 5.69 Å². The van der Waals surface area contributed by atoms with E-state index in [4.69, 9.17) is 4.74 Å². The predicted octanol–water partition coefficient (Wildman–Crippen LogP) is 3.07. The van der Waals surface area contributed by atoms with Crippen molar-refractivity contribution in [2.24, 2.45) is 0 Å². The van der Waals surface area contributed by atoms with Gasteiger partial charge in [0.1, 0.15) is 6.54 Å². The van der Waals surface area contributed by atoms with E-state index >= 15 is 0 Å². The first-order valence-corrected chi connectivity index (χ1v) is 12.3. The molecule has 3 rings (SSSR count).